The summed E-state index contributed by atoms with van der Waals surface area (Å²) in [5.74, 6) is 0. The Hall–Kier alpha value is -0.280. The molecule has 0 unspecified atom stereocenters. The van der Waals surface area contributed by atoms with Gasteiger partial charge in [-0.25, -0.2) is 0 Å². The largest absolute Gasteiger partial charge is 0.315 e. The van der Waals surface area contributed by atoms with Crippen LogP contribution in [0, 0.1) is 0 Å². The van der Waals surface area contributed by atoms with E-state index < -0.39 is 0 Å². The number of hydrogen-bond acceptors (Lipinski definition) is 2. The maximum atomic E-state index is 6.25. The van der Waals surface area contributed by atoms with Crippen LogP contribution in [-0.4, -0.2) is 30.6 Å². The standard InChI is InChI=1S/C14H20Cl2N2/c1-2-7-18(13-5-6-17-9-13)10-11-3-4-12(15)8-14(11)16/h3-4,8,13,17H,2,5-7,9-10H2,1H3/t13-/m0/s1. The van der Waals surface area contributed by atoms with Gasteiger partial charge >= 0.3 is 0 Å². The van der Waals surface area contributed by atoms with Gasteiger partial charge in [-0.15, -0.1) is 0 Å². The number of benzene rings is 1. The van der Waals surface area contributed by atoms with E-state index in [4.69, 9.17) is 23.2 Å². The van der Waals surface area contributed by atoms with Gasteiger partial charge in [-0.2, -0.15) is 0 Å². The van der Waals surface area contributed by atoms with Crippen molar-refractivity contribution in [2.45, 2.75) is 32.4 Å². The van der Waals surface area contributed by atoms with E-state index in [9.17, 15) is 0 Å². The van der Waals surface area contributed by atoms with Crippen molar-refractivity contribution in [3.05, 3.63) is 33.8 Å². The second-order valence-corrected chi connectivity index (χ2v) is 5.70. The average molecular weight is 287 g/mol. The molecule has 1 saturated heterocycles. The highest BCUT2D eigenvalue weighted by atomic mass is 35.5. The molecule has 0 amide bonds. The average Bonchev–Trinajstić information content (AvgIpc) is 2.85. The van der Waals surface area contributed by atoms with E-state index in [2.05, 4.69) is 17.1 Å². The van der Waals surface area contributed by atoms with Crippen LogP contribution in [0.4, 0.5) is 0 Å². The Morgan fingerprint density at radius 3 is 2.83 bits per heavy atom. The van der Waals surface area contributed by atoms with Crippen LogP contribution in [0.3, 0.4) is 0 Å². The molecule has 1 N–H and O–H groups in total. The normalized spacial score (nSPS) is 19.7. The Labute approximate surface area is 119 Å². The summed E-state index contributed by atoms with van der Waals surface area (Å²) < 4.78 is 0. The number of nitrogens with zero attached hydrogens (tertiary/aromatic N) is 1. The van der Waals surface area contributed by atoms with Crippen molar-refractivity contribution in [3.8, 4) is 0 Å². The molecule has 1 aliphatic heterocycles. The lowest BCUT2D eigenvalue weighted by Gasteiger charge is -2.28. The molecule has 2 nitrogen and oxygen atoms in total. The highest BCUT2D eigenvalue weighted by Crippen LogP contribution is 2.23. The zero-order valence-corrected chi connectivity index (χ0v) is 12.3. The van der Waals surface area contributed by atoms with Crippen molar-refractivity contribution in [2.75, 3.05) is 19.6 Å². The highest BCUT2D eigenvalue weighted by Gasteiger charge is 2.22. The molecule has 1 aromatic rings. The Bertz CT molecular complexity index is 389. The van der Waals surface area contributed by atoms with Crippen molar-refractivity contribution < 1.29 is 0 Å². The third-order valence-electron chi connectivity index (χ3n) is 3.45. The van der Waals surface area contributed by atoms with E-state index in [1.807, 2.05) is 18.2 Å². The van der Waals surface area contributed by atoms with Gasteiger partial charge in [0.1, 0.15) is 0 Å². The summed E-state index contributed by atoms with van der Waals surface area (Å²) in [7, 11) is 0. The topological polar surface area (TPSA) is 15.3 Å². The van der Waals surface area contributed by atoms with E-state index >= 15 is 0 Å². The number of hydrogen-bond donors (Lipinski definition) is 1. The van der Waals surface area contributed by atoms with Crippen LogP contribution in [0.15, 0.2) is 18.2 Å². The number of nitrogens with one attached hydrogen (secondary N) is 1. The third-order valence-corrected chi connectivity index (χ3v) is 4.04. The van der Waals surface area contributed by atoms with Crippen molar-refractivity contribution >= 4 is 23.2 Å². The van der Waals surface area contributed by atoms with E-state index in [0.29, 0.717) is 11.1 Å². The summed E-state index contributed by atoms with van der Waals surface area (Å²) in [4.78, 5) is 2.52. The maximum Gasteiger partial charge on any atom is 0.0465 e. The summed E-state index contributed by atoms with van der Waals surface area (Å²) >= 11 is 12.2. The molecule has 1 atom stereocenters. The summed E-state index contributed by atoms with van der Waals surface area (Å²) in [6.45, 7) is 6.46. The Morgan fingerprint density at radius 1 is 1.39 bits per heavy atom. The van der Waals surface area contributed by atoms with Gasteiger partial charge < -0.3 is 5.32 Å². The zero-order chi connectivity index (χ0) is 13.0. The van der Waals surface area contributed by atoms with Crippen LogP contribution in [0.5, 0.6) is 0 Å². The Morgan fingerprint density at radius 2 is 2.22 bits per heavy atom. The first-order valence-electron chi connectivity index (χ1n) is 6.59. The molecule has 18 heavy (non-hydrogen) atoms. The van der Waals surface area contributed by atoms with Crippen LogP contribution >= 0.6 is 23.2 Å². The smallest absolute Gasteiger partial charge is 0.0465 e. The third kappa shape index (κ3) is 3.61. The molecule has 1 aromatic carbocycles. The molecule has 1 aliphatic rings. The lowest BCUT2D eigenvalue weighted by atomic mass is 10.1. The zero-order valence-electron chi connectivity index (χ0n) is 10.8. The minimum atomic E-state index is 0.636. The minimum absolute atomic E-state index is 0.636. The quantitative estimate of drug-likeness (QED) is 0.890. The van der Waals surface area contributed by atoms with Crippen LogP contribution < -0.4 is 5.32 Å². The molecule has 0 spiro atoms. The highest BCUT2D eigenvalue weighted by molar-refractivity contribution is 6.35. The second-order valence-electron chi connectivity index (χ2n) is 4.85. The molecule has 0 aromatic heterocycles. The van der Waals surface area contributed by atoms with Crippen LogP contribution in [0.2, 0.25) is 10.0 Å². The van der Waals surface area contributed by atoms with E-state index in [0.717, 1.165) is 31.2 Å². The Kier molecular flexibility index (Phi) is 5.31. The first kappa shape index (κ1) is 14.1. The van der Waals surface area contributed by atoms with E-state index in [1.54, 1.807) is 0 Å². The van der Waals surface area contributed by atoms with Gasteiger partial charge in [0.2, 0.25) is 0 Å². The van der Waals surface area contributed by atoms with Gasteiger partial charge in [0, 0.05) is 29.2 Å². The molecule has 0 bridgehead atoms. The molecule has 1 fully saturated rings. The summed E-state index contributed by atoms with van der Waals surface area (Å²) in [5, 5.41) is 4.90. The van der Waals surface area contributed by atoms with Crippen LogP contribution in [-0.2, 0) is 6.54 Å². The molecule has 4 heteroatoms. The van der Waals surface area contributed by atoms with Gasteiger partial charge in [0.05, 0.1) is 0 Å². The lowest BCUT2D eigenvalue weighted by molar-refractivity contribution is 0.199. The van der Waals surface area contributed by atoms with Crippen molar-refractivity contribution in [1.82, 2.24) is 10.2 Å². The van der Waals surface area contributed by atoms with Gasteiger partial charge in [-0.05, 0) is 43.6 Å². The van der Waals surface area contributed by atoms with Gasteiger partial charge in [0.25, 0.3) is 0 Å². The fourth-order valence-corrected chi connectivity index (χ4v) is 2.97. The molecule has 0 radical (unpaired) electrons. The predicted octanol–water partition coefficient (Wildman–Crippen LogP) is 3.57. The summed E-state index contributed by atoms with van der Waals surface area (Å²) in [6.07, 6.45) is 2.40. The molecule has 0 aliphatic carbocycles. The van der Waals surface area contributed by atoms with Crippen LogP contribution in [0.1, 0.15) is 25.3 Å². The SMILES string of the molecule is CCCN(Cc1ccc(Cl)cc1Cl)[C@H]1CCNC1. The molecular formula is C14H20Cl2N2. The predicted molar refractivity (Wildman–Crippen MR) is 78.4 cm³/mol. The summed E-state index contributed by atoms with van der Waals surface area (Å²) in [6, 6.07) is 6.42. The monoisotopic (exact) mass is 286 g/mol. The van der Waals surface area contributed by atoms with Gasteiger partial charge in [-0.3, -0.25) is 4.90 Å². The van der Waals surface area contributed by atoms with Crippen molar-refractivity contribution in [3.63, 3.8) is 0 Å². The Balaban J connectivity index is 2.07. The summed E-state index contributed by atoms with van der Waals surface area (Å²) in [5.41, 5.74) is 1.17. The molecule has 1 heterocycles. The molecule has 0 saturated carbocycles. The molecule has 2 rings (SSSR count). The van der Waals surface area contributed by atoms with Crippen LogP contribution in [0.25, 0.3) is 0 Å². The van der Waals surface area contributed by atoms with Crippen molar-refractivity contribution in [2.24, 2.45) is 0 Å². The number of halogens is 2. The minimum Gasteiger partial charge on any atom is -0.315 e. The maximum absolute atomic E-state index is 6.25. The first-order chi connectivity index (χ1) is 8.70. The van der Waals surface area contributed by atoms with E-state index in [-0.39, 0.29) is 0 Å². The van der Waals surface area contributed by atoms with E-state index in [1.165, 1.54) is 18.4 Å². The first-order valence-corrected chi connectivity index (χ1v) is 7.35. The lowest BCUT2D eigenvalue weighted by Crippen LogP contribution is -2.36. The van der Waals surface area contributed by atoms with Gasteiger partial charge in [0.15, 0.2) is 0 Å². The molecule has 100 valence electrons. The van der Waals surface area contributed by atoms with Gasteiger partial charge in [-0.1, -0.05) is 36.2 Å². The molecular weight excluding hydrogens is 267 g/mol. The van der Waals surface area contributed by atoms with Crippen molar-refractivity contribution in [1.29, 1.82) is 0 Å². The fourth-order valence-electron chi connectivity index (χ4n) is 2.50. The fraction of sp³-hybridized carbons (Fsp3) is 0.571. The number of rotatable bonds is 5. The second kappa shape index (κ2) is 6.76.